The fraction of sp³-hybridized carbons (Fsp3) is 0. The average molecular weight is 700 g/mol. The topological polar surface area (TPSA) is 62.4 Å². The van der Waals surface area contributed by atoms with E-state index in [1.807, 2.05) is 42.5 Å². The Labute approximate surface area is 316 Å². The molecule has 0 N–H and O–H groups in total. The summed E-state index contributed by atoms with van der Waals surface area (Å²) in [6.45, 7) is 0. The van der Waals surface area contributed by atoms with Gasteiger partial charge in [0.15, 0.2) is 0 Å². The quantitative estimate of drug-likeness (QED) is 0.184. The fourth-order valence-electron chi connectivity index (χ4n) is 8.76. The summed E-state index contributed by atoms with van der Waals surface area (Å²) in [6.07, 6.45) is 0. The monoisotopic (exact) mass is 699 g/mol. The molecule has 55 heavy (non-hydrogen) atoms. The van der Waals surface area contributed by atoms with Crippen LogP contribution in [0.5, 0.6) is 0 Å². The van der Waals surface area contributed by atoms with E-state index in [0.717, 1.165) is 72.1 Å². The van der Waals surface area contributed by atoms with E-state index in [4.69, 9.17) is 0 Å². The fourth-order valence-corrected chi connectivity index (χ4v) is 8.76. The molecule has 3 heterocycles. The summed E-state index contributed by atoms with van der Waals surface area (Å²) in [6, 6.07) is 66.0. The smallest absolute Gasteiger partial charge is 0.101 e. The summed E-state index contributed by atoms with van der Waals surface area (Å²) in [5, 5.41) is 27.3. The van der Waals surface area contributed by atoms with Crippen LogP contribution in [0.15, 0.2) is 176 Å². The molecule has 5 heteroatoms. The number of hydrogen-bond donors (Lipinski definition) is 0. The highest BCUT2D eigenvalue weighted by Crippen LogP contribution is 2.40. The maximum Gasteiger partial charge on any atom is 0.101 e. The molecule has 0 unspecified atom stereocenters. The molecule has 0 atom stereocenters. The first kappa shape index (κ1) is 30.7. The Bertz CT molecular complexity index is 3420. The van der Waals surface area contributed by atoms with Crippen LogP contribution in [-0.4, -0.2) is 13.7 Å². The van der Waals surface area contributed by atoms with Crippen molar-refractivity contribution < 1.29 is 0 Å². The summed E-state index contributed by atoms with van der Waals surface area (Å²) < 4.78 is 6.90. The standard InChI is InChI=1S/C50H29N5/c51-30-32-23-25-41-39-15-3-6-19-45(39)54(49(41)27-32)43-26-24-34(28-35(43)31-52)33-11-9-12-36(29-33)53-44-18-5-4-16-40(44)42-17-10-22-48(50(42)53)55-46-20-7-1-13-37(46)38-14-2-8-21-47(38)55/h1-29H. The minimum absolute atomic E-state index is 0.554. The largest absolute Gasteiger partial charge is 0.308 e. The van der Waals surface area contributed by atoms with E-state index < -0.39 is 0 Å². The Kier molecular flexibility index (Phi) is 6.61. The molecule has 3 aromatic heterocycles. The van der Waals surface area contributed by atoms with E-state index in [2.05, 4.69) is 159 Å². The van der Waals surface area contributed by atoms with Crippen molar-refractivity contribution in [3.05, 3.63) is 187 Å². The van der Waals surface area contributed by atoms with E-state index in [9.17, 15) is 10.5 Å². The number of aromatic nitrogens is 3. The van der Waals surface area contributed by atoms with Crippen molar-refractivity contribution in [3.63, 3.8) is 0 Å². The Morgan fingerprint density at radius 2 is 0.873 bits per heavy atom. The Morgan fingerprint density at radius 1 is 0.345 bits per heavy atom. The van der Waals surface area contributed by atoms with Crippen molar-refractivity contribution in [1.29, 1.82) is 10.5 Å². The van der Waals surface area contributed by atoms with Crippen LogP contribution in [0.2, 0.25) is 0 Å². The van der Waals surface area contributed by atoms with Gasteiger partial charge in [0.1, 0.15) is 6.07 Å². The molecule has 11 aromatic rings. The lowest BCUT2D eigenvalue weighted by atomic mass is 10.0. The summed E-state index contributed by atoms with van der Waals surface area (Å²) in [4.78, 5) is 0. The van der Waals surface area contributed by atoms with Gasteiger partial charge in [0.2, 0.25) is 0 Å². The molecule has 8 aromatic carbocycles. The van der Waals surface area contributed by atoms with E-state index in [0.29, 0.717) is 11.1 Å². The third-order valence-corrected chi connectivity index (χ3v) is 11.1. The van der Waals surface area contributed by atoms with Crippen molar-refractivity contribution in [1.82, 2.24) is 13.7 Å². The first-order chi connectivity index (χ1) is 27.2. The van der Waals surface area contributed by atoms with Crippen LogP contribution >= 0.6 is 0 Å². The molecule has 0 aliphatic carbocycles. The molecule has 5 nitrogen and oxygen atoms in total. The zero-order valence-corrected chi connectivity index (χ0v) is 29.5. The SMILES string of the molecule is N#Cc1ccc2c3ccccc3n(-c3ccc(-c4cccc(-n5c6ccccc6c6cccc(-n7c8ccccc8c8ccccc87)c65)c4)cc3C#N)c2c1. The van der Waals surface area contributed by atoms with Crippen molar-refractivity contribution in [2.75, 3.05) is 0 Å². The van der Waals surface area contributed by atoms with Crippen LogP contribution in [0, 0.1) is 22.7 Å². The number of rotatable bonds is 4. The van der Waals surface area contributed by atoms with Gasteiger partial charge in [-0.25, -0.2) is 0 Å². The molecule has 0 bridgehead atoms. The molecule has 0 saturated heterocycles. The molecule has 0 aliphatic rings. The van der Waals surface area contributed by atoms with Crippen molar-refractivity contribution in [2.45, 2.75) is 0 Å². The van der Waals surface area contributed by atoms with Crippen LogP contribution in [0.25, 0.3) is 93.6 Å². The molecule has 0 saturated carbocycles. The maximum atomic E-state index is 10.6. The van der Waals surface area contributed by atoms with E-state index in [-0.39, 0.29) is 0 Å². The average Bonchev–Trinajstić information content (AvgIpc) is 3.89. The number of para-hydroxylation sites is 5. The first-order valence-corrected chi connectivity index (χ1v) is 18.3. The van der Waals surface area contributed by atoms with Crippen LogP contribution in [0.1, 0.15) is 11.1 Å². The van der Waals surface area contributed by atoms with Gasteiger partial charge in [0.05, 0.1) is 61.7 Å². The molecule has 0 amide bonds. The zero-order chi connectivity index (χ0) is 36.6. The van der Waals surface area contributed by atoms with E-state index in [1.165, 1.54) is 21.5 Å². The summed E-state index contributed by atoms with van der Waals surface area (Å²) in [5.74, 6) is 0. The van der Waals surface area contributed by atoms with Gasteiger partial charge < -0.3 is 13.7 Å². The highest BCUT2D eigenvalue weighted by Gasteiger charge is 2.21. The minimum Gasteiger partial charge on any atom is -0.308 e. The van der Waals surface area contributed by atoms with Crippen molar-refractivity contribution in [3.8, 4) is 40.3 Å². The third-order valence-electron chi connectivity index (χ3n) is 11.1. The number of hydrogen-bond acceptors (Lipinski definition) is 2. The van der Waals surface area contributed by atoms with E-state index >= 15 is 0 Å². The summed E-state index contributed by atoms with van der Waals surface area (Å²) in [7, 11) is 0. The predicted molar refractivity (Wildman–Crippen MR) is 224 cm³/mol. The van der Waals surface area contributed by atoms with Crippen molar-refractivity contribution in [2.24, 2.45) is 0 Å². The van der Waals surface area contributed by atoms with E-state index in [1.54, 1.807) is 0 Å². The number of fused-ring (bicyclic) bond motifs is 9. The Morgan fingerprint density at radius 3 is 1.51 bits per heavy atom. The lowest BCUT2D eigenvalue weighted by Gasteiger charge is -2.15. The zero-order valence-electron chi connectivity index (χ0n) is 29.5. The van der Waals surface area contributed by atoms with Gasteiger partial charge in [0, 0.05) is 38.0 Å². The van der Waals surface area contributed by atoms with Gasteiger partial charge in [-0.05, 0) is 77.9 Å². The van der Waals surface area contributed by atoms with Gasteiger partial charge in [-0.3, -0.25) is 0 Å². The number of benzene rings is 8. The second-order valence-electron chi connectivity index (χ2n) is 14.0. The molecule has 11 rings (SSSR count). The van der Waals surface area contributed by atoms with Gasteiger partial charge >= 0.3 is 0 Å². The number of nitriles is 2. The molecule has 254 valence electrons. The molecule has 0 radical (unpaired) electrons. The summed E-state index contributed by atoms with van der Waals surface area (Å²) in [5.41, 5.74) is 12.5. The van der Waals surface area contributed by atoms with Gasteiger partial charge in [0.25, 0.3) is 0 Å². The first-order valence-electron chi connectivity index (χ1n) is 18.3. The molecule has 0 spiro atoms. The van der Waals surface area contributed by atoms with Crippen molar-refractivity contribution >= 4 is 65.4 Å². The van der Waals surface area contributed by atoms with Crippen LogP contribution in [-0.2, 0) is 0 Å². The molecule has 0 aliphatic heterocycles. The highest BCUT2D eigenvalue weighted by molar-refractivity contribution is 6.15. The van der Waals surface area contributed by atoms with Crippen LogP contribution in [0.4, 0.5) is 0 Å². The minimum atomic E-state index is 0.554. The maximum absolute atomic E-state index is 10.6. The molecular formula is C50H29N5. The van der Waals surface area contributed by atoms with Gasteiger partial charge in [-0.2, -0.15) is 10.5 Å². The normalized spacial score (nSPS) is 11.6. The summed E-state index contributed by atoms with van der Waals surface area (Å²) >= 11 is 0. The lowest BCUT2D eigenvalue weighted by molar-refractivity contribution is 1.13. The lowest BCUT2D eigenvalue weighted by Crippen LogP contribution is -2.01. The molecule has 0 fully saturated rings. The third kappa shape index (κ3) is 4.45. The second kappa shape index (κ2) is 11.8. The Balaban J connectivity index is 1.12. The van der Waals surface area contributed by atoms with Crippen LogP contribution < -0.4 is 0 Å². The predicted octanol–water partition coefficient (Wildman–Crippen LogP) is 12.4. The Hall–Kier alpha value is -7.86. The number of nitrogens with zero attached hydrogens (tertiary/aromatic N) is 5. The van der Waals surface area contributed by atoms with Gasteiger partial charge in [-0.15, -0.1) is 0 Å². The van der Waals surface area contributed by atoms with Crippen LogP contribution in [0.3, 0.4) is 0 Å². The highest BCUT2D eigenvalue weighted by atomic mass is 15.1. The molecular weight excluding hydrogens is 671 g/mol. The second-order valence-corrected chi connectivity index (χ2v) is 14.0. The van der Waals surface area contributed by atoms with Gasteiger partial charge in [-0.1, -0.05) is 109 Å².